The fourth-order valence-electron chi connectivity index (χ4n) is 4.44. The summed E-state index contributed by atoms with van der Waals surface area (Å²) in [6.07, 6.45) is 6.76. The molecule has 0 aromatic carbocycles. The number of hydrogen-bond acceptors (Lipinski definition) is 1. The van der Waals surface area contributed by atoms with E-state index in [0.29, 0.717) is 11.8 Å². The molecule has 4 unspecified atom stereocenters. The van der Waals surface area contributed by atoms with Gasteiger partial charge >= 0.3 is 0 Å². The van der Waals surface area contributed by atoms with E-state index in [-0.39, 0.29) is 0 Å². The second kappa shape index (κ2) is 2.98. The van der Waals surface area contributed by atoms with Crippen LogP contribution in [0, 0.1) is 29.6 Å². The predicted molar refractivity (Wildman–Crippen MR) is 54.6 cm³/mol. The second-order valence-corrected chi connectivity index (χ2v) is 5.44. The summed E-state index contributed by atoms with van der Waals surface area (Å²) >= 11 is 0. The monoisotopic (exact) mass is 193 g/mol. The zero-order valence-corrected chi connectivity index (χ0v) is 8.83. The Bertz CT molecular complexity index is 245. The fourth-order valence-corrected chi connectivity index (χ4v) is 4.44. The van der Waals surface area contributed by atoms with E-state index in [1.807, 2.05) is 0 Å². The van der Waals surface area contributed by atoms with E-state index < -0.39 is 0 Å². The molecule has 3 aliphatic carbocycles. The molecule has 4 atom stereocenters. The molecule has 0 spiro atoms. The lowest BCUT2D eigenvalue weighted by atomic mass is 9.82. The van der Waals surface area contributed by atoms with Crippen molar-refractivity contribution < 1.29 is 4.79 Å². The van der Waals surface area contributed by atoms with Gasteiger partial charge in [-0.2, -0.15) is 0 Å². The number of amides is 1. The molecule has 0 aliphatic heterocycles. The van der Waals surface area contributed by atoms with Gasteiger partial charge in [-0.1, -0.05) is 0 Å². The Morgan fingerprint density at radius 2 is 1.64 bits per heavy atom. The van der Waals surface area contributed by atoms with Crippen LogP contribution < -0.4 is 5.32 Å². The van der Waals surface area contributed by atoms with Gasteiger partial charge in [-0.3, -0.25) is 4.79 Å². The SMILES string of the molecule is CNC(=O)C1CC2C3CCC(C3)C2C1. The predicted octanol–water partition coefficient (Wildman–Crippen LogP) is 1.80. The molecule has 0 saturated heterocycles. The van der Waals surface area contributed by atoms with Crippen LogP contribution in [0.25, 0.3) is 0 Å². The molecule has 1 amide bonds. The molecule has 0 radical (unpaired) electrons. The fraction of sp³-hybridized carbons (Fsp3) is 0.917. The van der Waals surface area contributed by atoms with Gasteiger partial charge in [-0.15, -0.1) is 0 Å². The van der Waals surface area contributed by atoms with Crippen LogP contribution in [0.4, 0.5) is 0 Å². The minimum atomic E-state index is 0.291. The summed E-state index contributed by atoms with van der Waals surface area (Å²) in [6, 6.07) is 0. The summed E-state index contributed by atoms with van der Waals surface area (Å²) < 4.78 is 0. The third kappa shape index (κ3) is 1.06. The number of fused-ring (bicyclic) bond motifs is 5. The number of hydrogen-bond donors (Lipinski definition) is 1. The van der Waals surface area contributed by atoms with E-state index in [1.165, 1.54) is 32.1 Å². The van der Waals surface area contributed by atoms with E-state index in [4.69, 9.17) is 0 Å². The quantitative estimate of drug-likeness (QED) is 0.676. The third-order valence-electron chi connectivity index (χ3n) is 5.01. The van der Waals surface area contributed by atoms with Crippen molar-refractivity contribution in [2.75, 3.05) is 7.05 Å². The van der Waals surface area contributed by atoms with Gasteiger partial charge in [0.15, 0.2) is 0 Å². The highest BCUT2D eigenvalue weighted by Gasteiger charge is 2.52. The molecule has 0 aromatic heterocycles. The Labute approximate surface area is 85.4 Å². The summed E-state index contributed by atoms with van der Waals surface area (Å²) in [4.78, 5) is 11.6. The molecule has 14 heavy (non-hydrogen) atoms. The largest absolute Gasteiger partial charge is 0.359 e. The average Bonchev–Trinajstić information content (AvgIpc) is 2.87. The third-order valence-corrected chi connectivity index (χ3v) is 5.01. The van der Waals surface area contributed by atoms with Crippen LogP contribution in [0.2, 0.25) is 0 Å². The minimum Gasteiger partial charge on any atom is -0.359 e. The smallest absolute Gasteiger partial charge is 0.222 e. The first-order valence-corrected chi connectivity index (χ1v) is 6.01. The summed E-state index contributed by atoms with van der Waals surface area (Å²) in [6.45, 7) is 0. The van der Waals surface area contributed by atoms with Crippen molar-refractivity contribution in [3.05, 3.63) is 0 Å². The number of rotatable bonds is 1. The van der Waals surface area contributed by atoms with E-state index in [2.05, 4.69) is 5.32 Å². The normalized spacial score (nSPS) is 49.4. The lowest BCUT2D eigenvalue weighted by Crippen LogP contribution is -2.26. The van der Waals surface area contributed by atoms with Gasteiger partial charge in [0, 0.05) is 13.0 Å². The van der Waals surface area contributed by atoms with Crippen LogP contribution in [-0.2, 0) is 4.79 Å². The molecule has 78 valence electrons. The molecule has 3 rings (SSSR count). The second-order valence-electron chi connectivity index (χ2n) is 5.44. The van der Waals surface area contributed by atoms with E-state index in [9.17, 15) is 4.79 Å². The van der Waals surface area contributed by atoms with Gasteiger partial charge in [0.05, 0.1) is 0 Å². The molecule has 2 nitrogen and oxygen atoms in total. The first-order valence-electron chi connectivity index (χ1n) is 6.01. The van der Waals surface area contributed by atoms with Gasteiger partial charge in [0.1, 0.15) is 0 Å². The lowest BCUT2D eigenvalue weighted by molar-refractivity contribution is -0.124. The molecular weight excluding hydrogens is 174 g/mol. The Morgan fingerprint density at radius 1 is 1.07 bits per heavy atom. The van der Waals surface area contributed by atoms with Gasteiger partial charge in [0.2, 0.25) is 5.91 Å². The van der Waals surface area contributed by atoms with Gasteiger partial charge in [-0.25, -0.2) is 0 Å². The first kappa shape index (κ1) is 8.75. The maximum atomic E-state index is 11.6. The lowest BCUT2D eigenvalue weighted by Gasteiger charge is -2.23. The zero-order chi connectivity index (χ0) is 9.71. The Kier molecular flexibility index (Phi) is 1.86. The van der Waals surface area contributed by atoms with Crippen LogP contribution in [0.15, 0.2) is 0 Å². The summed E-state index contributed by atoms with van der Waals surface area (Å²) in [7, 11) is 1.77. The van der Waals surface area contributed by atoms with Crippen molar-refractivity contribution in [2.45, 2.75) is 32.1 Å². The highest BCUT2D eigenvalue weighted by atomic mass is 16.1. The van der Waals surface area contributed by atoms with Gasteiger partial charge in [0.25, 0.3) is 0 Å². The van der Waals surface area contributed by atoms with Crippen molar-refractivity contribution in [3.8, 4) is 0 Å². The highest BCUT2D eigenvalue weighted by molar-refractivity contribution is 5.78. The Balaban J connectivity index is 1.73. The van der Waals surface area contributed by atoms with E-state index in [0.717, 1.165) is 23.7 Å². The molecule has 0 heterocycles. The molecule has 2 bridgehead atoms. The van der Waals surface area contributed by atoms with Crippen molar-refractivity contribution in [3.63, 3.8) is 0 Å². The Morgan fingerprint density at radius 3 is 2.14 bits per heavy atom. The van der Waals surface area contributed by atoms with Crippen LogP contribution in [-0.4, -0.2) is 13.0 Å². The summed E-state index contributed by atoms with van der Waals surface area (Å²) in [5.41, 5.74) is 0. The number of nitrogens with one attached hydrogen (secondary N) is 1. The van der Waals surface area contributed by atoms with Crippen LogP contribution in [0.3, 0.4) is 0 Å². The average molecular weight is 193 g/mol. The highest BCUT2D eigenvalue weighted by Crippen LogP contribution is 2.59. The van der Waals surface area contributed by atoms with Crippen LogP contribution in [0.5, 0.6) is 0 Å². The van der Waals surface area contributed by atoms with Crippen LogP contribution >= 0.6 is 0 Å². The zero-order valence-electron chi connectivity index (χ0n) is 8.83. The van der Waals surface area contributed by atoms with Gasteiger partial charge < -0.3 is 5.32 Å². The Hall–Kier alpha value is -0.530. The number of carbonyl (C=O) groups excluding carboxylic acids is 1. The van der Waals surface area contributed by atoms with Crippen LogP contribution in [0.1, 0.15) is 32.1 Å². The maximum Gasteiger partial charge on any atom is 0.222 e. The molecule has 3 saturated carbocycles. The molecule has 3 aliphatic rings. The molecule has 2 heteroatoms. The summed E-state index contributed by atoms with van der Waals surface area (Å²) in [5.74, 6) is 4.43. The molecule has 1 N–H and O–H groups in total. The number of carbonyl (C=O) groups is 1. The minimum absolute atomic E-state index is 0.291. The van der Waals surface area contributed by atoms with Crippen molar-refractivity contribution in [1.29, 1.82) is 0 Å². The van der Waals surface area contributed by atoms with Crippen molar-refractivity contribution in [2.24, 2.45) is 29.6 Å². The van der Waals surface area contributed by atoms with E-state index >= 15 is 0 Å². The molecular formula is C12H19NO. The summed E-state index contributed by atoms with van der Waals surface area (Å²) in [5, 5.41) is 2.81. The van der Waals surface area contributed by atoms with E-state index in [1.54, 1.807) is 7.05 Å². The van der Waals surface area contributed by atoms with Crippen molar-refractivity contribution >= 4 is 5.91 Å². The molecule has 0 aromatic rings. The van der Waals surface area contributed by atoms with Gasteiger partial charge in [-0.05, 0) is 55.8 Å². The topological polar surface area (TPSA) is 29.1 Å². The standard InChI is InChI=1S/C12H19NO/c1-13-12(14)9-5-10-7-2-3-8(4-7)11(10)6-9/h7-11H,2-6H2,1H3,(H,13,14). The maximum absolute atomic E-state index is 11.6. The first-order chi connectivity index (χ1) is 6.79. The van der Waals surface area contributed by atoms with Crippen molar-refractivity contribution in [1.82, 2.24) is 5.32 Å². The molecule has 3 fully saturated rings.